The molecule has 6 nitrogen and oxygen atoms in total. The molecule has 1 saturated heterocycles. The van der Waals surface area contributed by atoms with E-state index in [9.17, 15) is 8.42 Å². The maximum atomic E-state index is 13.4. The molecule has 0 spiro atoms. The number of ether oxygens (including phenoxy) is 1. The molecule has 0 saturated carbocycles. The molecule has 1 fully saturated rings. The number of aromatic nitrogens is 1. The first kappa shape index (κ1) is 22.9. The highest BCUT2D eigenvalue weighted by Gasteiger charge is 2.32. The first-order valence-corrected chi connectivity index (χ1v) is 13.2. The standard InChI is InChI=1S/C24H29N3O3S2/c1-4-13-27-23(17-31-24(27)25-21-10-6-5-7-11-21)20-9-8-12-22(14-20)32(28,29)26-15-18(2)30-19(3)16-26/h5-12,14,17-19H,4,13,15-16H2,1-3H3/t18-,19+. The quantitative estimate of drug-likeness (QED) is 0.525. The minimum absolute atomic E-state index is 0.123. The third-order valence-electron chi connectivity index (χ3n) is 5.38. The molecule has 1 aliphatic rings. The number of benzene rings is 2. The van der Waals surface area contributed by atoms with E-state index in [0.29, 0.717) is 18.0 Å². The largest absolute Gasteiger partial charge is 0.373 e. The number of hydrogen-bond acceptors (Lipinski definition) is 5. The molecule has 0 bridgehead atoms. The molecule has 0 amide bonds. The Morgan fingerprint density at radius 1 is 1.06 bits per heavy atom. The maximum absolute atomic E-state index is 13.4. The average Bonchev–Trinajstić information content (AvgIpc) is 3.16. The summed E-state index contributed by atoms with van der Waals surface area (Å²) in [7, 11) is -3.60. The van der Waals surface area contributed by atoms with E-state index in [1.807, 2.05) is 56.3 Å². The van der Waals surface area contributed by atoms with Crippen molar-refractivity contribution in [3.05, 3.63) is 64.8 Å². The van der Waals surface area contributed by atoms with Gasteiger partial charge < -0.3 is 9.30 Å². The molecular weight excluding hydrogens is 442 g/mol. The molecule has 0 radical (unpaired) electrons. The summed E-state index contributed by atoms with van der Waals surface area (Å²) in [4.78, 5) is 6.02. The summed E-state index contributed by atoms with van der Waals surface area (Å²) in [5.41, 5.74) is 2.75. The number of sulfonamides is 1. The van der Waals surface area contributed by atoms with Gasteiger partial charge in [0.1, 0.15) is 0 Å². The van der Waals surface area contributed by atoms with Crippen LogP contribution in [0.2, 0.25) is 0 Å². The molecule has 3 aromatic rings. The number of hydrogen-bond donors (Lipinski definition) is 0. The Balaban J connectivity index is 1.73. The SMILES string of the molecule is CCCn1c(-c2cccc(S(=O)(=O)N3C[C@@H](C)O[C@@H](C)C3)c2)csc1=Nc1ccccc1. The van der Waals surface area contributed by atoms with Gasteiger partial charge in [0.05, 0.1) is 28.5 Å². The number of morpholine rings is 1. The summed E-state index contributed by atoms with van der Waals surface area (Å²) >= 11 is 1.57. The molecule has 0 unspecified atom stereocenters. The Kier molecular flexibility index (Phi) is 6.95. The summed E-state index contributed by atoms with van der Waals surface area (Å²) in [6.07, 6.45) is 0.706. The fraction of sp³-hybridized carbons (Fsp3) is 0.375. The molecule has 1 aromatic heterocycles. The Morgan fingerprint density at radius 3 is 2.47 bits per heavy atom. The second-order valence-electron chi connectivity index (χ2n) is 8.11. The van der Waals surface area contributed by atoms with E-state index in [1.165, 1.54) is 4.31 Å². The van der Waals surface area contributed by atoms with Gasteiger partial charge in [-0.05, 0) is 44.5 Å². The van der Waals surface area contributed by atoms with Gasteiger partial charge in [0.2, 0.25) is 10.0 Å². The van der Waals surface area contributed by atoms with E-state index in [-0.39, 0.29) is 12.2 Å². The molecule has 170 valence electrons. The molecule has 2 aromatic carbocycles. The van der Waals surface area contributed by atoms with E-state index in [0.717, 1.165) is 34.7 Å². The number of thiazole rings is 1. The van der Waals surface area contributed by atoms with Crippen LogP contribution in [0.15, 0.2) is 69.9 Å². The van der Waals surface area contributed by atoms with Crippen LogP contribution in [0, 0.1) is 0 Å². The van der Waals surface area contributed by atoms with E-state index < -0.39 is 10.0 Å². The summed E-state index contributed by atoms with van der Waals surface area (Å²) in [6.45, 7) is 7.48. The third-order valence-corrected chi connectivity index (χ3v) is 8.07. The monoisotopic (exact) mass is 471 g/mol. The van der Waals surface area contributed by atoms with Crippen LogP contribution in [-0.2, 0) is 21.3 Å². The summed E-state index contributed by atoms with van der Waals surface area (Å²) < 4.78 is 36.2. The normalized spacial score (nSPS) is 20.5. The van der Waals surface area contributed by atoms with Crippen LogP contribution in [-0.4, -0.2) is 42.6 Å². The Bertz CT molecular complexity index is 1220. The lowest BCUT2D eigenvalue weighted by Crippen LogP contribution is -2.48. The second-order valence-corrected chi connectivity index (χ2v) is 10.9. The van der Waals surface area contributed by atoms with Crippen LogP contribution in [0.4, 0.5) is 5.69 Å². The lowest BCUT2D eigenvalue weighted by molar-refractivity contribution is -0.0440. The fourth-order valence-corrected chi connectivity index (χ4v) is 6.59. The van der Waals surface area contributed by atoms with Gasteiger partial charge in [0.25, 0.3) is 0 Å². The topological polar surface area (TPSA) is 63.9 Å². The molecule has 2 heterocycles. The smallest absolute Gasteiger partial charge is 0.243 e. The molecule has 4 rings (SSSR count). The molecule has 0 N–H and O–H groups in total. The van der Waals surface area contributed by atoms with Gasteiger partial charge in [0.15, 0.2) is 4.80 Å². The Morgan fingerprint density at radius 2 is 1.78 bits per heavy atom. The van der Waals surface area contributed by atoms with Crippen LogP contribution < -0.4 is 4.80 Å². The van der Waals surface area contributed by atoms with Crippen LogP contribution in [0.1, 0.15) is 27.2 Å². The van der Waals surface area contributed by atoms with Crippen molar-refractivity contribution in [3.63, 3.8) is 0 Å². The van der Waals surface area contributed by atoms with Crippen molar-refractivity contribution in [1.29, 1.82) is 0 Å². The Hall–Kier alpha value is -2.26. The van der Waals surface area contributed by atoms with Gasteiger partial charge in [-0.3, -0.25) is 0 Å². The van der Waals surface area contributed by atoms with Gasteiger partial charge in [-0.25, -0.2) is 13.4 Å². The maximum Gasteiger partial charge on any atom is 0.243 e. The van der Waals surface area contributed by atoms with Gasteiger partial charge in [-0.2, -0.15) is 4.31 Å². The highest BCUT2D eigenvalue weighted by atomic mass is 32.2. The van der Waals surface area contributed by atoms with Crippen molar-refractivity contribution >= 4 is 27.0 Å². The Labute approximate surface area is 193 Å². The van der Waals surface area contributed by atoms with Crippen molar-refractivity contribution in [2.24, 2.45) is 4.99 Å². The average molecular weight is 472 g/mol. The fourth-order valence-electron chi connectivity index (χ4n) is 3.99. The van der Waals surface area contributed by atoms with Gasteiger partial charge in [-0.15, -0.1) is 11.3 Å². The van der Waals surface area contributed by atoms with E-state index >= 15 is 0 Å². The lowest BCUT2D eigenvalue weighted by atomic mass is 10.2. The number of nitrogens with zero attached hydrogens (tertiary/aromatic N) is 3. The zero-order valence-corrected chi connectivity index (χ0v) is 20.3. The molecule has 2 atom stereocenters. The first-order chi connectivity index (χ1) is 15.4. The highest BCUT2D eigenvalue weighted by Crippen LogP contribution is 2.27. The lowest BCUT2D eigenvalue weighted by Gasteiger charge is -2.34. The van der Waals surface area contributed by atoms with Crippen LogP contribution in [0.5, 0.6) is 0 Å². The van der Waals surface area contributed by atoms with Crippen molar-refractivity contribution in [1.82, 2.24) is 8.87 Å². The van der Waals surface area contributed by atoms with Crippen LogP contribution >= 0.6 is 11.3 Å². The van der Waals surface area contributed by atoms with Crippen molar-refractivity contribution in [3.8, 4) is 11.3 Å². The summed E-state index contributed by atoms with van der Waals surface area (Å²) in [5.74, 6) is 0. The van der Waals surface area contributed by atoms with Crippen molar-refractivity contribution in [2.45, 2.75) is 50.8 Å². The zero-order valence-electron chi connectivity index (χ0n) is 18.6. The van der Waals surface area contributed by atoms with E-state index in [4.69, 9.17) is 9.73 Å². The molecular formula is C24H29N3O3S2. The molecule has 0 aliphatic carbocycles. The van der Waals surface area contributed by atoms with Crippen LogP contribution in [0.25, 0.3) is 11.3 Å². The van der Waals surface area contributed by atoms with Crippen LogP contribution in [0.3, 0.4) is 0 Å². The number of rotatable bonds is 6. The van der Waals surface area contributed by atoms with Crippen molar-refractivity contribution < 1.29 is 13.2 Å². The molecule has 8 heteroatoms. The minimum atomic E-state index is -3.60. The second kappa shape index (κ2) is 9.70. The summed E-state index contributed by atoms with van der Waals surface area (Å²) in [5, 5.41) is 2.06. The van der Waals surface area contributed by atoms with Crippen molar-refractivity contribution in [2.75, 3.05) is 13.1 Å². The van der Waals surface area contributed by atoms with Gasteiger partial charge >= 0.3 is 0 Å². The predicted molar refractivity (Wildman–Crippen MR) is 128 cm³/mol. The minimum Gasteiger partial charge on any atom is -0.373 e. The zero-order chi connectivity index (χ0) is 22.7. The highest BCUT2D eigenvalue weighted by molar-refractivity contribution is 7.89. The third kappa shape index (κ3) is 4.88. The van der Waals surface area contributed by atoms with E-state index in [1.54, 1.807) is 23.5 Å². The summed E-state index contributed by atoms with van der Waals surface area (Å²) in [6, 6.07) is 17.1. The molecule has 1 aliphatic heterocycles. The van der Waals surface area contributed by atoms with Gasteiger partial charge in [-0.1, -0.05) is 37.3 Å². The van der Waals surface area contributed by atoms with E-state index in [2.05, 4.69) is 16.9 Å². The first-order valence-electron chi connectivity index (χ1n) is 10.9. The number of para-hydroxylation sites is 1. The molecule has 32 heavy (non-hydrogen) atoms. The predicted octanol–water partition coefficient (Wildman–Crippen LogP) is 4.66. The van der Waals surface area contributed by atoms with Gasteiger partial charge in [0, 0.05) is 30.6 Å².